The lowest BCUT2D eigenvalue weighted by Gasteiger charge is -1.95. The summed E-state index contributed by atoms with van der Waals surface area (Å²) in [4.78, 5) is 10.2. The second-order valence-corrected chi connectivity index (χ2v) is 3.82. The molecule has 1 aromatic rings. The number of carboxylic acids is 1. The van der Waals surface area contributed by atoms with Crippen LogP contribution in [0, 0.1) is 0 Å². The van der Waals surface area contributed by atoms with E-state index in [4.69, 9.17) is 5.11 Å². The van der Waals surface area contributed by atoms with Crippen molar-refractivity contribution in [3.63, 3.8) is 0 Å². The Bertz CT molecular complexity index is 328. The highest BCUT2D eigenvalue weighted by atomic mass is 79.9. The molecular formula is C11H11BrO2. The molecule has 1 N–H and O–H groups in total. The van der Waals surface area contributed by atoms with Crippen LogP contribution in [-0.2, 0) is 11.2 Å². The van der Waals surface area contributed by atoms with Crippen molar-refractivity contribution >= 4 is 21.9 Å². The molecule has 1 rings (SSSR count). The number of rotatable bonds is 4. The van der Waals surface area contributed by atoms with Gasteiger partial charge in [-0.1, -0.05) is 40.2 Å². The fourth-order valence-corrected chi connectivity index (χ4v) is 1.29. The maximum Gasteiger partial charge on any atom is 0.307 e. The van der Waals surface area contributed by atoms with Crippen molar-refractivity contribution in [2.75, 3.05) is 0 Å². The van der Waals surface area contributed by atoms with Gasteiger partial charge in [0.2, 0.25) is 0 Å². The van der Waals surface area contributed by atoms with Gasteiger partial charge in [0.15, 0.2) is 0 Å². The summed E-state index contributed by atoms with van der Waals surface area (Å²) in [6.07, 6.45) is 4.42. The van der Waals surface area contributed by atoms with Gasteiger partial charge in [0.1, 0.15) is 0 Å². The quantitative estimate of drug-likeness (QED) is 0.839. The molecule has 0 aliphatic rings. The average Bonchev–Trinajstić information content (AvgIpc) is 2.15. The van der Waals surface area contributed by atoms with Crippen LogP contribution in [0.4, 0.5) is 0 Å². The maximum atomic E-state index is 10.2. The summed E-state index contributed by atoms with van der Waals surface area (Å²) in [5.74, 6) is -0.794. The number of halogens is 1. The third-order valence-electron chi connectivity index (χ3n) is 1.73. The highest BCUT2D eigenvalue weighted by molar-refractivity contribution is 9.10. The third kappa shape index (κ3) is 4.23. The molecule has 0 aliphatic heterocycles. The van der Waals surface area contributed by atoms with Crippen LogP contribution < -0.4 is 0 Å². The van der Waals surface area contributed by atoms with Gasteiger partial charge in [0.25, 0.3) is 0 Å². The van der Waals surface area contributed by atoms with Gasteiger partial charge in [-0.3, -0.25) is 4.79 Å². The lowest BCUT2D eigenvalue weighted by Crippen LogP contribution is -1.90. The van der Waals surface area contributed by atoms with Crippen molar-refractivity contribution in [2.24, 2.45) is 0 Å². The Labute approximate surface area is 91.4 Å². The Hall–Kier alpha value is -1.09. The Kier molecular flexibility index (Phi) is 4.40. The van der Waals surface area contributed by atoms with Crippen LogP contribution in [0.1, 0.15) is 12.0 Å². The fourth-order valence-electron chi connectivity index (χ4n) is 1.02. The van der Waals surface area contributed by atoms with E-state index < -0.39 is 5.97 Å². The second kappa shape index (κ2) is 5.60. The zero-order valence-electron chi connectivity index (χ0n) is 7.61. The van der Waals surface area contributed by atoms with Crippen LogP contribution in [-0.4, -0.2) is 11.1 Å². The minimum absolute atomic E-state index is 0.0938. The zero-order valence-corrected chi connectivity index (χ0v) is 9.20. The predicted octanol–water partition coefficient (Wildman–Crippen LogP) is 3.02. The average molecular weight is 255 g/mol. The Morgan fingerprint density at radius 2 is 1.93 bits per heavy atom. The first-order valence-electron chi connectivity index (χ1n) is 4.30. The molecule has 0 radical (unpaired) electrons. The first-order chi connectivity index (χ1) is 6.68. The number of hydrogen-bond acceptors (Lipinski definition) is 1. The number of aliphatic carboxylic acids is 1. The van der Waals surface area contributed by atoms with Crippen LogP contribution in [0.5, 0.6) is 0 Å². The van der Waals surface area contributed by atoms with Crippen molar-refractivity contribution in [1.29, 1.82) is 0 Å². The number of allylic oxidation sites excluding steroid dienone is 1. The number of carboxylic acid groups (broad SMARTS) is 1. The van der Waals surface area contributed by atoms with E-state index in [0.717, 1.165) is 10.9 Å². The molecule has 0 aromatic heterocycles. The van der Waals surface area contributed by atoms with Crippen LogP contribution in [0.15, 0.2) is 40.9 Å². The topological polar surface area (TPSA) is 37.3 Å². The minimum Gasteiger partial charge on any atom is -0.481 e. The molecule has 0 amide bonds. The van der Waals surface area contributed by atoms with Crippen molar-refractivity contribution < 1.29 is 9.90 Å². The second-order valence-electron chi connectivity index (χ2n) is 2.90. The Morgan fingerprint density at radius 1 is 1.29 bits per heavy atom. The molecule has 0 saturated carbocycles. The van der Waals surface area contributed by atoms with E-state index in [1.165, 1.54) is 5.56 Å². The molecule has 0 bridgehead atoms. The lowest BCUT2D eigenvalue weighted by molar-refractivity contribution is -0.136. The first-order valence-corrected chi connectivity index (χ1v) is 5.09. The molecule has 0 saturated heterocycles. The molecule has 0 unspecified atom stereocenters. The third-order valence-corrected chi connectivity index (χ3v) is 2.25. The normalized spacial score (nSPS) is 10.6. The van der Waals surface area contributed by atoms with E-state index in [0.29, 0.717) is 0 Å². The van der Waals surface area contributed by atoms with Gasteiger partial charge in [0.05, 0.1) is 6.42 Å². The minimum atomic E-state index is -0.794. The van der Waals surface area contributed by atoms with Gasteiger partial charge in [-0.15, -0.1) is 0 Å². The summed E-state index contributed by atoms with van der Waals surface area (Å²) in [6.45, 7) is 0. The van der Waals surface area contributed by atoms with Crippen LogP contribution in [0.25, 0.3) is 0 Å². The highest BCUT2D eigenvalue weighted by Crippen LogP contribution is 2.11. The van der Waals surface area contributed by atoms with E-state index in [-0.39, 0.29) is 6.42 Å². The van der Waals surface area contributed by atoms with Crippen LogP contribution in [0.3, 0.4) is 0 Å². The van der Waals surface area contributed by atoms with E-state index in [2.05, 4.69) is 15.9 Å². The molecule has 2 nitrogen and oxygen atoms in total. The van der Waals surface area contributed by atoms with Crippen molar-refractivity contribution in [3.05, 3.63) is 46.5 Å². The fraction of sp³-hybridized carbons (Fsp3) is 0.182. The van der Waals surface area contributed by atoms with Gasteiger partial charge in [-0.25, -0.2) is 0 Å². The van der Waals surface area contributed by atoms with Gasteiger partial charge in [-0.05, 0) is 24.1 Å². The van der Waals surface area contributed by atoms with Gasteiger partial charge < -0.3 is 5.11 Å². The molecule has 14 heavy (non-hydrogen) atoms. The standard InChI is InChI=1S/C11H11BrO2/c12-10-7-5-9(6-8-10)3-1-2-4-11(13)14/h1-2,5-8H,3-4H2,(H,13,14)/b2-1-. The van der Waals surface area contributed by atoms with Gasteiger partial charge in [0, 0.05) is 4.47 Å². The number of benzene rings is 1. The van der Waals surface area contributed by atoms with Gasteiger partial charge in [-0.2, -0.15) is 0 Å². The summed E-state index contributed by atoms with van der Waals surface area (Å²) in [6, 6.07) is 7.96. The molecule has 0 aliphatic carbocycles. The van der Waals surface area contributed by atoms with Crippen molar-refractivity contribution in [2.45, 2.75) is 12.8 Å². The zero-order chi connectivity index (χ0) is 10.4. The van der Waals surface area contributed by atoms with E-state index in [9.17, 15) is 4.79 Å². The van der Waals surface area contributed by atoms with Crippen LogP contribution >= 0.6 is 15.9 Å². The largest absolute Gasteiger partial charge is 0.481 e. The van der Waals surface area contributed by atoms with Crippen molar-refractivity contribution in [3.8, 4) is 0 Å². The summed E-state index contributed by atoms with van der Waals surface area (Å²) >= 11 is 3.35. The van der Waals surface area contributed by atoms with E-state index >= 15 is 0 Å². The number of hydrogen-bond donors (Lipinski definition) is 1. The summed E-state index contributed by atoms with van der Waals surface area (Å²) < 4.78 is 1.05. The molecule has 0 atom stereocenters. The summed E-state index contributed by atoms with van der Waals surface area (Å²) in [5.41, 5.74) is 1.18. The smallest absolute Gasteiger partial charge is 0.307 e. The van der Waals surface area contributed by atoms with E-state index in [1.54, 1.807) is 6.08 Å². The SMILES string of the molecule is O=C(O)C/C=C\Cc1ccc(Br)cc1. The Morgan fingerprint density at radius 3 is 2.50 bits per heavy atom. The number of carbonyl (C=O) groups is 1. The molecule has 0 spiro atoms. The molecular weight excluding hydrogens is 244 g/mol. The molecule has 3 heteroatoms. The van der Waals surface area contributed by atoms with E-state index in [1.807, 2.05) is 30.3 Å². The predicted molar refractivity (Wildman–Crippen MR) is 59.2 cm³/mol. The van der Waals surface area contributed by atoms with Crippen LogP contribution in [0.2, 0.25) is 0 Å². The maximum absolute atomic E-state index is 10.2. The Balaban J connectivity index is 2.42. The highest BCUT2D eigenvalue weighted by Gasteiger charge is 1.91. The molecule has 0 heterocycles. The van der Waals surface area contributed by atoms with Crippen molar-refractivity contribution in [1.82, 2.24) is 0 Å². The molecule has 1 aromatic carbocycles. The summed E-state index contributed by atoms with van der Waals surface area (Å²) in [7, 11) is 0. The lowest BCUT2D eigenvalue weighted by atomic mass is 10.1. The van der Waals surface area contributed by atoms with Gasteiger partial charge >= 0.3 is 5.97 Å². The first kappa shape index (κ1) is 11.0. The molecule has 0 fully saturated rings. The summed E-state index contributed by atoms with van der Waals surface area (Å²) in [5, 5.41) is 8.39. The monoisotopic (exact) mass is 254 g/mol. The molecule has 74 valence electrons.